The van der Waals surface area contributed by atoms with Crippen molar-refractivity contribution in [3.05, 3.63) is 70.1 Å². The van der Waals surface area contributed by atoms with Gasteiger partial charge in [-0.25, -0.2) is 0 Å². The van der Waals surface area contributed by atoms with Gasteiger partial charge in [-0.3, -0.25) is 4.79 Å². The molecule has 0 aliphatic carbocycles. The third-order valence-corrected chi connectivity index (χ3v) is 6.69. The molecule has 144 valence electrons. The van der Waals surface area contributed by atoms with Crippen molar-refractivity contribution in [2.45, 2.75) is 32.7 Å². The molecular weight excluding hydrogens is 364 g/mol. The first kappa shape index (κ1) is 18.8. The maximum atomic E-state index is 12.6. The first-order chi connectivity index (χ1) is 13.6. The minimum Gasteiger partial charge on any atom is -0.385 e. The number of rotatable bonds is 4. The Morgan fingerprint density at radius 3 is 2.93 bits per heavy atom. The van der Waals surface area contributed by atoms with Crippen LogP contribution in [0.3, 0.4) is 0 Å². The van der Waals surface area contributed by atoms with Gasteiger partial charge in [0.25, 0.3) is 0 Å². The first-order valence-electron chi connectivity index (χ1n) is 9.89. The number of nitrogens with zero attached hydrogens (tertiary/aromatic N) is 1. The quantitative estimate of drug-likeness (QED) is 0.586. The highest BCUT2D eigenvalue weighted by Crippen LogP contribution is 2.31. The number of amides is 1. The van der Waals surface area contributed by atoms with E-state index < -0.39 is 0 Å². The number of aryl methyl sites for hydroxylation is 2. The van der Waals surface area contributed by atoms with E-state index in [1.54, 1.807) is 22.3 Å². The normalized spacial score (nSPS) is 13.9. The summed E-state index contributed by atoms with van der Waals surface area (Å²) < 4.78 is 1.28. The number of carbonyl (C=O) groups excluding carboxylic acids is 1. The van der Waals surface area contributed by atoms with Gasteiger partial charge in [0.15, 0.2) is 0 Å². The van der Waals surface area contributed by atoms with Gasteiger partial charge in [-0.2, -0.15) is 0 Å². The molecule has 0 radical (unpaired) electrons. The molecular formula is C24H26N2OS. The Kier molecular flexibility index (Phi) is 5.49. The molecule has 2 heterocycles. The molecule has 3 aromatic rings. The van der Waals surface area contributed by atoms with Crippen LogP contribution in [0.15, 0.2) is 48.5 Å². The van der Waals surface area contributed by atoms with E-state index in [9.17, 15) is 4.79 Å². The van der Waals surface area contributed by atoms with Crippen LogP contribution in [0, 0.1) is 6.92 Å². The molecule has 1 N–H and O–H groups in total. The number of fused-ring (bicyclic) bond motifs is 2. The molecule has 0 bridgehead atoms. The average molecular weight is 391 g/mol. The average Bonchev–Trinajstić information content (AvgIpc) is 2.88. The van der Waals surface area contributed by atoms with E-state index in [2.05, 4.69) is 54.7 Å². The fourth-order valence-corrected chi connectivity index (χ4v) is 4.99. The molecule has 0 spiro atoms. The van der Waals surface area contributed by atoms with Gasteiger partial charge in [-0.05, 0) is 72.5 Å². The summed E-state index contributed by atoms with van der Waals surface area (Å²) in [5.74, 6) is 0.0323. The summed E-state index contributed by atoms with van der Waals surface area (Å²) in [7, 11) is 1.87. The van der Waals surface area contributed by atoms with Crippen molar-refractivity contribution < 1.29 is 4.79 Å². The fourth-order valence-electron chi connectivity index (χ4n) is 3.72. The molecule has 0 saturated heterocycles. The summed E-state index contributed by atoms with van der Waals surface area (Å²) in [5.41, 5.74) is 4.95. The minimum absolute atomic E-state index is 0.0323. The SMILES string of the molecule is Cc1c(CN(C)C(=O)/C=C/c2ccc3c(c2)CCCCN3)sc2ccccc12. The Morgan fingerprint density at radius 2 is 2.07 bits per heavy atom. The number of nitrogens with one attached hydrogen (secondary N) is 1. The topological polar surface area (TPSA) is 32.3 Å². The summed E-state index contributed by atoms with van der Waals surface area (Å²) in [6.45, 7) is 3.83. The van der Waals surface area contributed by atoms with E-state index in [1.807, 2.05) is 13.1 Å². The van der Waals surface area contributed by atoms with Gasteiger partial charge in [0.1, 0.15) is 0 Å². The highest BCUT2D eigenvalue weighted by molar-refractivity contribution is 7.19. The van der Waals surface area contributed by atoms with E-state index in [1.165, 1.54) is 44.6 Å². The van der Waals surface area contributed by atoms with E-state index in [4.69, 9.17) is 0 Å². The number of benzene rings is 2. The van der Waals surface area contributed by atoms with E-state index in [0.29, 0.717) is 6.54 Å². The maximum absolute atomic E-state index is 12.6. The second-order valence-corrected chi connectivity index (χ2v) is 8.61. The molecule has 28 heavy (non-hydrogen) atoms. The summed E-state index contributed by atoms with van der Waals surface area (Å²) in [4.78, 5) is 15.7. The zero-order chi connectivity index (χ0) is 19.5. The third kappa shape index (κ3) is 3.97. The van der Waals surface area contributed by atoms with Crippen LogP contribution in [-0.2, 0) is 17.8 Å². The van der Waals surface area contributed by atoms with E-state index in [0.717, 1.165) is 18.5 Å². The predicted molar refractivity (Wildman–Crippen MR) is 120 cm³/mol. The Labute approximate surface area is 170 Å². The summed E-state index contributed by atoms with van der Waals surface area (Å²) in [5, 5.41) is 4.77. The van der Waals surface area contributed by atoms with Crippen molar-refractivity contribution in [1.82, 2.24) is 4.90 Å². The lowest BCUT2D eigenvalue weighted by Crippen LogP contribution is -2.23. The molecule has 4 heteroatoms. The smallest absolute Gasteiger partial charge is 0.246 e. The van der Waals surface area contributed by atoms with Crippen LogP contribution in [0.1, 0.15) is 34.4 Å². The standard InChI is InChI=1S/C24H26N2OS/c1-17-20-8-3-4-9-22(20)28-23(17)16-26(2)24(27)13-11-18-10-12-21-19(15-18)7-5-6-14-25-21/h3-4,8-13,15,25H,5-7,14,16H2,1-2H3/b13-11+. The van der Waals surface area contributed by atoms with Crippen molar-refractivity contribution in [2.75, 3.05) is 18.9 Å². The van der Waals surface area contributed by atoms with Crippen molar-refractivity contribution in [1.29, 1.82) is 0 Å². The lowest BCUT2D eigenvalue weighted by atomic mass is 10.0. The zero-order valence-corrected chi connectivity index (χ0v) is 17.3. The molecule has 0 atom stereocenters. The second kappa shape index (κ2) is 8.19. The lowest BCUT2D eigenvalue weighted by Gasteiger charge is -2.14. The Morgan fingerprint density at radius 1 is 1.21 bits per heavy atom. The monoisotopic (exact) mass is 390 g/mol. The zero-order valence-electron chi connectivity index (χ0n) is 16.5. The van der Waals surface area contributed by atoms with Crippen LogP contribution in [0.5, 0.6) is 0 Å². The van der Waals surface area contributed by atoms with Crippen LogP contribution in [-0.4, -0.2) is 24.4 Å². The van der Waals surface area contributed by atoms with Gasteiger partial charge in [-0.15, -0.1) is 11.3 Å². The number of thiophene rings is 1. The number of carbonyl (C=O) groups is 1. The van der Waals surface area contributed by atoms with Crippen molar-refractivity contribution in [2.24, 2.45) is 0 Å². The van der Waals surface area contributed by atoms with E-state index in [-0.39, 0.29) is 5.91 Å². The van der Waals surface area contributed by atoms with Gasteiger partial charge in [-0.1, -0.05) is 24.3 Å². The fraction of sp³-hybridized carbons (Fsp3) is 0.292. The van der Waals surface area contributed by atoms with Crippen LogP contribution >= 0.6 is 11.3 Å². The van der Waals surface area contributed by atoms with Crippen molar-refractivity contribution in [3.63, 3.8) is 0 Å². The molecule has 2 aromatic carbocycles. The highest BCUT2D eigenvalue weighted by atomic mass is 32.1. The first-order valence-corrected chi connectivity index (χ1v) is 10.7. The Bertz CT molecular complexity index is 1030. The summed E-state index contributed by atoms with van der Waals surface area (Å²) >= 11 is 1.78. The van der Waals surface area contributed by atoms with Crippen molar-refractivity contribution in [3.8, 4) is 0 Å². The van der Waals surface area contributed by atoms with Crippen LogP contribution in [0.25, 0.3) is 16.2 Å². The summed E-state index contributed by atoms with van der Waals surface area (Å²) in [6.07, 6.45) is 7.14. The molecule has 0 saturated carbocycles. The molecule has 3 nitrogen and oxygen atoms in total. The third-order valence-electron chi connectivity index (χ3n) is 5.44. The number of hydrogen-bond donors (Lipinski definition) is 1. The largest absolute Gasteiger partial charge is 0.385 e. The Balaban J connectivity index is 1.45. The molecule has 4 rings (SSSR count). The molecule has 1 aliphatic rings. The van der Waals surface area contributed by atoms with Crippen LogP contribution in [0.4, 0.5) is 5.69 Å². The molecule has 0 fully saturated rings. The lowest BCUT2D eigenvalue weighted by molar-refractivity contribution is -0.125. The van der Waals surface area contributed by atoms with Gasteiger partial charge in [0.05, 0.1) is 6.54 Å². The minimum atomic E-state index is 0.0323. The molecule has 1 aliphatic heterocycles. The van der Waals surface area contributed by atoms with E-state index >= 15 is 0 Å². The highest BCUT2D eigenvalue weighted by Gasteiger charge is 2.13. The molecule has 1 aromatic heterocycles. The number of anilines is 1. The second-order valence-electron chi connectivity index (χ2n) is 7.47. The number of likely N-dealkylation sites (N-methyl/N-ethyl adjacent to an activating group) is 1. The summed E-state index contributed by atoms with van der Waals surface area (Å²) in [6, 6.07) is 14.8. The van der Waals surface area contributed by atoms with Gasteiger partial charge in [0.2, 0.25) is 5.91 Å². The maximum Gasteiger partial charge on any atom is 0.246 e. The van der Waals surface area contributed by atoms with Gasteiger partial charge >= 0.3 is 0 Å². The van der Waals surface area contributed by atoms with Crippen LogP contribution < -0.4 is 5.32 Å². The van der Waals surface area contributed by atoms with Gasteiger partial charge < -0.3 is 10.2 Å². The number of hydrogen-bond acceptors (Lipinski definition) is 3. The van der Waals surface area contributed by atoms with Crippen molar-refractivity contribution >= 4 is 39.1 Å². The molecule has 0 unspecified atom stereocenters. The Hall–Kier alpha value is -2.59. The van der Waals surface area contributed by atoms with Crippen LogP contribution in [0.2, 0.25) is 0 Å². The predicted octanol–water partition coefficient (Wildman–Crippen LogP) is 5.63. The molecule has 1 amide bonds. The van der Waals surface area contributed by atoms with Gasteiger partial charge in [0, 0.05) is 34.9 Å².